The van der Waals surface area contributed by atoms with E-state index >= 15 is 0 Å². The van der Waals surface area contributed by atoms with Crippen molar-refractivity contribution in [3.63, 3.8) is 0 Å². The lowest BCUT2D eigenvalue weighted by atomic mass is 10.2. The maximum atomic E-state index is 12.2. The second-order valence-corrected chi connectivity index (χ2v) is 7.24. The average Bonchev–Trinajstić information content (AvgIpc) is 3.43. The van der Waals surface area contributed by atoms with Gasteiger partial charge in [-0.25, -0.2) is 4.98 Å². The van der Waals surface area contributed by atoms with Crippen LogP contribution in [-0.4, -0.2) is 48.4 Å². The van der Waals surface area contributed by atoms with Crippen LogP contribution in [0.5, 0.6) is 11.5 Å². The summed E-state index contributed by atoms with van der Waals surface area (Å²) in [5.41, 5.74) is 2.01. The Hall–Kier alpha value is -3.06. The van der Waals surface area contributed by atoms with E-state index in [0.29, 0.717) is 32.7 Å². The molecule has 1 aliphatic heterocycles. The Bertz CT molecular complexity index is 978. The minimum atomic E-state index is -0.304. The molecule has 30 heavy (non-hydrogen) atoms. The summed E-state index contributed by atoms with van der Waals surface area (Å²) in [6, 6.07) is 15.6. The van der Waals surface area contributed by atoms with Gasteiger partial charge in [0, 0.05) is 19.6 Å². The first-order valence-corrected chi connectivity index (χ1v) is 10.3. The highest BCUT2D eigenvalue weighted by Crippen LogP contribution is 2.19. The van der Waals surface area contributed by atoms with Crippen LogP contribution in [0.4, 0.5) is 0 Å². The lowest BCUT2D eigenvalue weighted by Gasteiger charge is -2.13. The maximum absolute atomic E-state index is 12.2. The largest absolute Gasteiger partial charge is 0.497 e. The van der Waals surface area contributed by atoms with E-state index in [9.17, 15) is 4.79 Å². The van der Waals surface area contributed by atoms with Crippen molar-refractivity contribution in [2.24, 2.45) is 0 Å². The van der Waals surface area contributed by atoms with Gasteiger partial charge in [-0.05, 0) is 49.2 Å². The highest BCUT2D eigenvalue weighted by molar-refractivity contribution is 5.81. The number of fused-ring (bicyclic) bond motifs is 1. The number of ether oxygens (including phenoxy) is 3. The van der Waals surface area contributed by atoms with Crippen molar-refractivity contribution in [3.8, 4) is 11.5 Å². The fourth-order valence-corrected chi connectivity index (χ4v) is 3.69. The summed E-state index contributed by atoms with van der Waals surface area (Å²) in [6.07, 6.45) is 2.09. The Labute approximate surface area is 176 Å². The highest BCUT2D eigenvalue weighted by atomic mass is 16.5. The first kappa shape index (κ1) is 20.2. The molecule has 1 N–H and O–H groups in total. The van der Waals surface area contributed by atoms with E-state index in [2.05, 4.69) is 16.0 Å². The minimum Gasteiger partial charge on any atom is -0.497 e. The van der Waals surface area contributed by atoms with Crippen molar-refractivity contribution in [2.75, 3.05) is 26.9 Å². The monoisotopic (exact) mass is 409 g/mol. The van der Waals surface area contributed by atoms with E-state index in [1.165, 1.54) is 0 Å². The molecule has 0 saturated carbocycles. The summed E-state index contributed by atoms with van der Waals surface area (Å²) in [6.45, 7) is 2.38. The molecule has 0 aliphatic carbocycles. The van der Waals surface area contributed by atoms with Gasteiger partial charge in [-0.2, -0.15) is 0 Å². The highest BCUT2D eigenvalue weighted by Gasteiger charge is 2.23. The third-order valence-electron chi connectivity index (χ3n) is 5.25. The number of para-hydroxylation sites is 2. The molecule has 1 saturated heterocycles. The van der Waals surface area contributed by atoms with Gasteiger partial charge in [-0.3, -0.25) is 4.79 Å². The summed E-state index contributed by atoms with van der Waals surface area (Å²) in [7, 11) is 1.64. The molecule has 1 amide bonds. The van der Waals surface area contributed by atoms with Crippen molar-refractivity contribution in [3.05, 3.63) is 54.4 Å². The lowest BCUT2D eigenvalue weighted by molar-refractivity contribution is -0.130. The molecule has 0 radical (unpaired) electrons. The summed E-state index contributed by atoms with van der Waals surface area (Å²) in [5, 5.41) is 2.98. The summed E-state index contributed by atoms with van der Waals surface area (Å²) >= 11 is 0. The molecule has 0 spiro atoms. The van der Waals surface area contributed by atoms with Crippen LogP contribution in [0.2, 0.25) is 0 Å². The molecule has 7 nitrogen and oxygen atoms in total. The van der Waals surface area contributed by atoms with Crippen molar-refractivity contribution in [1.82, 2.24) is 14.9 Å². The predicted octanol–water partition coefficient (Wildman–Crippen LogP) is 2.96. The first-order valence-electron chi connectivity index (χ1n) is 10.3. The van der Waals surface area contributed by atoms with Gasteiger partial charge in [0.2, 0.25) is 5.91 Å². The van der Waals surface area contributed by atoms with Gasteiger partial charge >= 0.3 is 0 Å². The molecule has 4 rings (SSSR count). The zero-order chi connectivity index (χ0) is 20.8. The number of rotatable bonds is 9. The minimum absolute atomic E-state index is 0.0296. The quantitative estimate of drug-likeness (QED) is 0.588. The number of imidazole rings is 1. The van der Waals surface area contributed by atoms with Gasteiger partial charge in [-0.1, -0.05) is 12.1 Å². The Morgan fingerprint density at radius 1 is 1.20 bits per heavy atom. The van der Waals surface area contributed by atoms with E-state index in [0.717, 1.165) is 41.2 Å². The van der Waals surface area contributed by atoms with Crippen LogP contribution in [-0.2, 0) is 22.5 Å². The van der Waals surface area contributed by atoms with E-state index < -0.39 is 0 Å². The summed E-state index contributed by atoms with van der Waals surface area (Å²) in [5.74, 6) is 2.50. The smallest absolute Gasteiger partial charge is 0.249 e. The van der Waals surface area contributed by atoms with Crippen LogP contribution >= 0.6 is 0 Å². The maximum Gasteiger partial charge on any atom is 0.249 e. The third kappa shape index (κ3) is 4.74. The SMILES string of the molecule is COc1ccc(OCCn2c(CCNC(=O)C3CCCO3)nc3ccccc32)cc1. The van der Waals surface area contributed by atoms with Crippen LogP contribution in [0.15, 0.2) is 48.5 Å². The Kier molecular flexibility index (Phi) is 6.49. The second-order valence-electron chi connectivity index (χ2n) is 7.24. The summed E-state index contributed by atoms with van der Waals surface area (Å²) < 4.78 is 18.7. The number of nitrogens with zero attached hydrogens (tertiary/aromatic N) is 2. The molecule has 1 atom stereocenters. The molecule has 158 valence electrons. The van der Waals surface area contributed by atoms with Crippen LogP contribution in [0.3, 0.4) is 0 Å². The number of benzene rings is 2. The fraction of sp³-hybridized carbons (Fsp3) is 0.391. The number of aromatic nitrogens is 2. The van der Waals surface area contributed by atoms with E-state index in [4.69, 9.17) is 19.2 Å². The number of nitrogens with one attached hydrogen (secondary N) is 1. The van der Waals surface area contributed by atoms with Crippen LogP contribution in [0.25, 0.3) is 11.0 Å². The lowest BCUT2D eigenvalue weighted by Crippen LogP contribution is -2.35. The molecule has 1 aromatic heterocycles. The Balaban J connectivity index is 1.38. The van der Waals surface area contributed by atoms with Crippen LogP contribution in [0, 0.1) is 0 Å². The van der Waals surface area contributed by atoms with E-state index in [1.807, 2.05) is 42.5 Å². The van der Waals surface area contributed by atoms with Crippen molar-refractivity contribution < 1.29 is 19.0 Å². The molecule has 1 aliphatic rings. The summed E-state index contributed by atoms with van der Waals surface area (Å²) in [4.78, 5) is 16.9. The average molecular weight is 409 g/mol. The number of amides is 1. The molecule has 0 bridgehead atoms. The third-order valence-corrected chi connectivity index (χ3v) is 5.25. The molecule has 3 aromatic rings. The number of carbonyl (C=O) groups excluding carboxylic acids is 1. The molecular formula is C23H27N3O4. The van der Waals surface area contributed by atoms with Crippen LogP contribution < -0.4 is 14.8 Å². The predicted molar refractivity (Wildman–Crippen MR) is 114 cm³/mol. The van der Waals surface area contributed by atoms with Crippen molar-refractivity contribution >= 4 is 16.9 Å². The molecule has 1 fully saturated rings. The van der Waals surface area contributed by atoms with Gasteiger partial charge in [-0.15, -0.1) is 0 Å². The first-order chi connectivity index (χ1) is 14.7. The molecule has 2 heterocycles. The van der Waals surface area contributed by atoms with Gasteiger partial charge in [0.05, 0.1) is 24.7 Å². The van der Waals surface area contributed by atoms with Gasteiger partial charge < -0.3 is 24.1 Å². The van der Waals surface area contributed by atoms with E-state index in [1.54, 1.807) is 7.11 Å². The normalized spacial score (nSPS) is 16.0. The van der Waals surface area contributed by atoms with E-state index in [-0.39, 0.29) is 12.0 Å². The molecule has 2 aromatic carbocycles. The number of hydrogen-bond donors (Lipinski definition) is 1. The standard InChI is InChI=1S/C23H27N3O4/c1-28-17-8-10-18(11-9-17)29-16-14-26-20-6-3-2-5-19(20)25-22(26)12-13-24-23(27)21-7-4-15-30-21/h2-3,5-6,8-11,21H,4,7,12-16H2,1H3,(H,24,27). The Morgan fingerprint density at radius 2 is 2.00 bits per heavy atom. The number of methoxy groups -OCH3 is 1. The van der Waals surface area contributed by atoms with Crippen molar-refractivity contribution in [2.45, 2.75) is 31.9 Å². The zero-order valence-electron chi connectivity index (χ0n) is 17.2. The molecule has 1 unspecified atom stereocenters. The Morgan fingerprint density at radius 3 is 2.77 bits per heavy atom. The second kappa shape index (κ2) is 9.63. The van der Waals surface area contributed by atoms with Gasteiger partial charge in [0.25, 0.3) is 0 Å². The zero-order valence-corrected chi connectivity index (χ0v) is 17.2. The number of carbonyl (C=O) groups is 1. The number of hydrogen-bond acceptors (Lipinski definition) is 5. The van der Waals surface area contributed by atoms with Crippen molar-refractivity contribution in [1.29, 1.82) is 0 Å². The molecule has 7 heteroatoms. The molecular weight excluding hydrogens is 382 g/mol. The fourth-order valence-electron chi connectivity index (χ4n) is 3.69. The topological polar surface area (TPSA) is 74.6 Å². The van der Waals surface area contributed by atoms with Gasteiger partial charge in [0.1, 0.15) is 30.0 Å². The van der Waals surface area contributed by atoms with Crippen LogP contribution in [0.1, 0.15) is 18.7 Å². The van der Waals surface area contributed by atoms with Gasteiger partial charge in [0.15, 0.2) is 0 Å².